The number of unbranched alkanes of at least 4 members (excludes halogenated alkanes) is 5. The maximum atomic E-state index is 13.4. The fourth-order valence-corrected chi connectivity index (χ4v) is 3.86. The molecule has 1 N–H and O–H groups in total. The zero-order chi connectivity index (χ0) is 22.1. The van der Waals surface area contributed by atoms with Gasteiger partial charge in [0, 0.05) is 35.1 Å². The molecule has 0 amide bonds. The third-order valence-electron chi connectivity index (χ3n) is 4.76. The Morgan fingerprint density at radius 2 is 1.87 bits per heavy atom. The van der Waals surface area contributed by atoms with Gasteiger partial charge in [0.05, 0.1) is 17.9 Å². The number of anilines is 2. The highest BCUT2D eigenvalue weighted by molar-refractivity contribution is 7.14. The lowest BCUT2D eigenvalue weighted by atomic mass is 10.1. The van der Waals surface area contributed by atoms with Crippen LogP contribution in [0.25, 0.3) is 11.3 Å². The van der Waals surface area contributed by atoms with Crippen LogP contribution in [0.2, 0.25) is 0 Å². The van der Waals surface area contributed by atoms with Crippen LogP contribution in [0.15, 0.2) is 48.1 Å². The zero-order valence-electron chi connectivity index (χ0n) is 17.4. The number of thiazole rings is 1. The van der Waals surface area contributed by atoms with Crippen LogP contribution in [-0.2, 0) is 6.18 Å². The van der Waals surface area contributed by atoms with Crippen LogP contribution < -0.4 is 10.1 Å². The van der Waals surface area contributed by atoms with Crippen molar-refractivity contribution in [2.24, 2.45) is 0 Å². The van der Waals surface area contributed by atoms with E-state index in [1.165, 1.54) is 29.9 Å². The first-order chi connectivity index (χ1) is 15.0. The number of nitrogens with zero attached hydrogens (tertiary/aromatic N) is 2. The minimum atomic E-state index is -4.47. The van der Waals surface area contributed by atoms with E-state index in [9.17, 15) is 13.2 Å². The van der Waals surface area contributed by atoms with Crippen molar-refractivity contribution in [3.05, 3.63) is 53.7 Å². The summed E-state index contributed by atoms with van der Waals surface area (Å²) in [5.41, 5.74) is 1.37. The van der Waals surface area contributed by atoms with Crippen LogP contribution in [0.4, 0.5) is 24.0 Å². The number of ether oxygens (including phenoxy) is 1. The Labute approximate surface area is 184 Å². The highest BCUT2D eigenvalue weighted by atomic mass is 32.1. The number of hydrogen-bond donors (Lipinski definition) is 1. The largest absolute Gasteiger partial charge is 0.493 e. The molecule has 4 nitrogen and oxygen atoms in total. The van der Waals surface area contributed by atoms with Crippen LogP contribution >= 0.6 is 11.3 Å². The topological polar surface area (TPSA) is 47.0 Å². The van der Waals surface area contributed by atoms with Crippen LogP contribution in [0.5, 0.6) is 5.75 Å². The fourth-order valence-electron chi connectivity index (χ4n) is 3.12. The smallest absolute Gasteiger partial charge is 0.419 e. The van der Waals surface area contributed by atoms with E-state index >= 15 is 0 Å². The maximum Gasteiger partial charge on any atom is 0.419 e. The molecule has 0 radical (unpaired) electrons. The molecular formula is C23H26F3N3OS. The average molecular weight is 450 g/mol. The van der Waals surface area contributed by atoms with E-state index in [1.807, 2.05) is 17.5 Å². The van der Waals surface area contributed by atoms with Gasteiger partial charge in [-0.05, 0) is 30.7 Å². The van der Waals surface area contributed by atoms with Crippen molar-refractivity contribution in [2.45, 2.75) is 51.6 Å². The third kappa shape index (κ3) is 6.95. The number of nitrogens with one attached hydrogen (secondary N) is 1. The van der Waals surface area contributed by atoms with Gasteiger partial charge >= 0.3 is 6.18 Å². The second kappa shape index (κ2) is 11.1. The first kappa shape index (κ1) is 23.1. The normalized spacial score (nSPS) is 11.5. The SMILES string of the molecule is CCCCCCCCOc1cc(Nc2nc(-c3cccnc3)cs2)ccc1C(F)(F)F. The van der Waals surface area contributed by atoms with Gasteiger partial charge < -0.3 is 10.1 Å². The maximum absolute atomic E-state index is 13.4. The molecule has 0 bridgehead atoms. The summed E-state index contributed by atoms with van der Waals surface area (Å²) in [4.78, 5) is 8.57. The van der Waals surface area contributed by atoms with Crippen molar-refractivity contribution in [3.63, 3.8) is 0 Å². The van der Waals surface area contributed by atoms with Gasteiger partial charge in [-0.2, -0.15) is 13.2 Å². The summed E-state index contributed by atoms with van der Waals surface area (Å²) in [6.45, 7) is 2.41. The lowest BCUT2D eigenvalue weighted by Crippen LogP contribution is -2.10. The van der Waals surface area contributed by atoms with Gasteiger partial charge in [0.15, 0.2) is 5.13 Å². The second-order valence-corrected chi connectivity index (χ2v) is 8.09. The van der Waals surface area contributed by atoms with E-state index in [1.54, 1.807) is 12.4 Å². The average Bonchev–Trinajstić information content (AvgIpc) is 3.21. The molecule has 3 rings (SSSR count). The van der Waals surface area contributed by atoms with Gasteiger partial charge in [0.2, 0.25) is 0 Å². The molecule has 0 aliphatic heterocycles. The molecule has 0 atom stereocenters. The van der Waals surface area contributed by atoms with E-state index in [0.29, 0.717) is 10.8 Å². The first-order valence-corrected chi connectivity index (χ1v) is 11.3. The summed E-state index contributed by atoms with van der Waals surface area (Å²) < 4.78 is 45.7. The summed E-state index contributed by atoms with van der Waals surface area (Å²) in [7, 11) is 0. The standard InChI is InChI=1S/C23H26F3N3OS/c1-2-3-4-5-6-7-13-30-21-14-18(10-11-19(21)23(24,25)26)28-22-29-20(16-31-22)17-9-8-12-27-15-17/h8-12,14-16H,2-7,13H2,1H3,(H,28,29). The lowest BCUT2D eigenvalue weighted by Gasteiger charge is -2.15. The Bertz CT molecular complexity index is 945. The number of rotatable bonds is 11. The molecule has 0 spiro atoms. The summed E-state index contributed by atoms with van der Waals surface area (Å²) in [5, 5.41) is 5.54. The predicted octanol–water partition coefficient (Wildman–Crippen LogP) is 7.71. The molecule has 0 unspecified atom stereocenters. The molecule has 0 fully saturated rings. The highest BCUT2D eigenvalue weighted by Crippen LogP contribution is 2.38. The summed E-state index contributed by atoms with van der Waals surface area (Å²) >= 11 is 1.37. The molecule has 0 aliphatic rings. The Kier molecular flexibility index (Phi) is 8.28. The predicted molar refractivity (Wildman–Crippen MR) is 119 cm³/mol. The van der Waals surface area contributed by atoms with Crippen LogP contribution in [0.3, 0.4) is 0 Å². The molecular weight excluding hydrogens is 423 g/mol. The molecule has 1 aromatic carbocycles. The number of aromatic nitrogens is 2. The van der Waals surface area contributed by atoms with Gasteiger partial charge in [-0.15, -0.1) is 11.3 Å². The van der Waals surface area contributed by atoms with Crippen molar-refractivity contribution in [1.29, 1.82) is 0 Å². The van der Waals surface area contributed by atoms with Gasteiger partial charge in [0.1, 0.15) is 5.75 Å². The minimum Gasteiger partial charge on any atom is -0.493 e. The summed E-state index contributed by atoms with van der Waals surface area (Å²) in [6.07, 6.45) is 5.20. The van der Waals surface area contributed by atoms with E-state index in [-0.39, 0.29) is 12.4 Å². The molecule has 0 saturated heterocycles. The van der Waals surface area contributed by atoms with Crippen molar-refractivity contribution in [1.82, 2.24) is 9.97 Å². The molecule has 31 heavy (non-hydrogen) atoms. The van der Waals surface area contributed by atoms with Gasteiger partial charge in [0.25, 0.3) is 0 Å². The Hall–Kier alpha value is -2.61. The van der Waals surface area contributed by atoms with Crippen LogP contribution in [-0.4, -0.2) is 16.6 Å². The second-order valence-electron chi connectivity index (χ2n) is 7.23. The Balaban J connectivity index is 1.66. The molecule has 2 aromatic heterocycles. The van der Waals surface area contributed by atoms with Gasteiger partial charge in [-0.3, -0.25) is 4.98 Å². The molecule has 2 heterocycles. The van der Waals surface area contributed by atoms with Crippen molar-refractivity contribution in [2.75, 3.05) is 11.9 Å². The highest BCUT2D eigenvalue weighted by Gasteiger charge is 2.34. The summed E-state index contributed by atoms with van der Waals surface area (Å²) in [5.74, 6) is -0.157. The molecule has 0 aliphatic carbocycles. The number of alkyl halides is 3. The van der Waals surface area contributed by atoms with Crippen molar-refractivity contribution >= 4 is 22.2 Å². The van der Waals surface area contributed by atoms with Gasteiger partial charge in [-0.1, -0.05) is 39.0 Å². The number of hydrogen-bond acceptors (Lipinski definition) is 5. The lowest BCUT2D eigenvalue weighted by molar-refractivity contribution is -0.138. The molecule has 8 heteroatoms. The number of pyridine rings is 1. The monoisotopic (exact) mass is 449 g/mol. The fraction of sp³-hybridized carbons (Fsp3) is 0.391. The third-order valence-corrected chi connectivity index (χ3v) is 5.51. The number of halogens is 3. The first-order valence-electron chi connectivity index (χ1n) is 10.4. The van der Waals surface area contributed by atoms with Crippen LogP contribution in [0.1, 0.15) is 51.0 Å². The summed E-state index contributed by atoms with van der Waals surface area (Å²) in [6, 6.07) is 7.56. The van der Waals surface area contributed by atoms with E-state index < -0.39 is 11.7 Å². The van der Waals surface area contributed by atoms with E-state index in [4.69, 9.17) is 4.74 Å². The minimum absolute atomic E-state index is 0.157. The van der Waals surface area contributed by atoms with Crippen LogP contribution in [0, 0.1) is 0 Å². The number of benzene rings is 1. The quantitative estimate of drug-likeness (QED) is 0.305. The van der Waals surface area contributed by atoms with Crippen molar-refractivity contribution < 1.29 is 17.9 Å². The van der Waals surface area contributed by atoms with E-state index in [0.717, 1.165) is 49.4 Å². The molecule has 3 aromatic rings. The van der Waals surface area contributed by atoms with Crippen molar-refractivity contribution in [3.8, 4) is 17.0 Å². The molecule has 0 saturated carbocycles. The Morgan fingerprint density at radius 3 is 2.61 bits per heavy atom. The van der Waals surface area contributed by atoms with Gasteiger partial charge in [-0.25, -0.2) is 4.98 Å². The van der Waals surface area contributed by atoms with E-state index in [2.05, 4.69) is 22.2 Å². The Morgan fingerprint density at radius 1 is 1.06 bits per heavy atom. The molecule has 166 valence electrons. The zero-order valence-corrected chi connectivity index (χ0v) is 18.2.